The molecule has 0 aliphatic carbocycles. The first-order valence-electron chi connectivity index (χ1n) is 17.7. The first kappa shape index (κ1) is 40.9. The third kappa shape index (κ3) is 28.4. The van der Waals surface area contributed by atoms with Crippen LogP contribution in [0, 0.1) is 0 Å². The Bertz CT molecular complexity index is 737. The number of carbonyl (C=O) groups is 3. The number of ether oxygens (including phenoxy) is 1. The molecule has 7 nitrogen and oxygen atoms in total. The number of rotatable bonds is 31. The van der Waals surface area contributed by atoms with E-state index in [9.17, 15) is 19.5 Å². The number of carboxylic acid groups (broad SMARTS) is 1. The van der Waals surface area contributed by atoms with Crippen LogP contribution in [0.2, 0.25) is 0 Å². The summed E-state index contributed by atoms with van der Waals surface area (Å²) in [6.07, 6.45) is 32.3. The number of carbonyl (C=O) groups excluding carboxylic acids is 2. The van der Waals surface area contributed by atoms with Gasteiger partial charge < -0.3 is 20.9 Å². The van der Waals surface area contributed by atoms with Gasteiger partial charge in [-0.05, 0) is 83.2 Å². The molecule has 0 radical (unpaired) electrons. The Kier molecular flexibility index (Phi) is 29.7. The van der Waals surface area contributed by atoms with Gasteiger partial charge in [-0.1, -0.05) is 103 Å². The fourth-order valence-corrected chi connectivity index (χ4v) is 4.99. The number of unbranched alkanes of at least 4 members (excludes halogenated alkanes) is 15. The molecule has 0 aromatic carbocycles. The van der Waals surface area contributed by atoms with Crippen molar-refractivity contribution in [2.45, 2.75) is 180 Å². The number of carboxylic acids is 1. The number of hydrogen-bond donors (Lipinski definition) is 3. The van der Waals surface area contributed by atoms with Crippen molar-refractivity contribution in [3.05, 3.63) is 24.3 Å². The number of amides is 1. The third-order valence-electron chi connectivity index (χ3n) is 7.72. The van der Waals surface area contributed by atoms with Crippen LogP contribution >= 0.6 is 0 Å². The molecule has 0 saturated carbocycles. The molecule has 0 bridgehead atoms. The van der Waals surface area contributed by atoms with Crippen LogP contribution < -0.4 is 11.1 Å². The maximum atomic E-state index is 12.6. The van der Waals surface area contributed by atoms with E-state index in [4.69, 9.17) is 10.5 Å². The maximum absolute atomic E-state index is 12.6. The lowest BCUT2D eigenvalue weighted by Gasteiger charge is -2.15. The summed E-state index contributed by atoms with van der Waals surface area (Å²) in [7, 11) is 0. The zero-order chi connectivity index (χ0) is 31.8. The predicted octanol–water partition coefficient (Wildman–Crippen LogP) is 8.94. The highest BCUT2D eigenvalue weighted by molar-refractivity contribution is 5.83. The second kappa shape index (κ2) is 31.3. The van der Waals surface area contributed by atoms with E-state index in [2.05, 4.69) is 43.5 Å². The van der Waals surface area contributed by atoms with Crippen molar-refractivity contribution in [2.24, 2.45) is 5.73 Å². The van der Waals surface area contributed by atoms with Gasteiger partial charge in [-0.3, -0.25) is 9.59 Å². The first-order chi connectivity index (χ1) is 20.9. The molecule has 2 atom stereocenters. The SMILES string of the molecule is CCCC/C=C\CCCCCCCC(=O)OC(/C=C\CCCCCCC)CCCCCCC(=O)NC(CCCN)C(=O)O. The van der Waals surface area contributed by atoms with Crippen molar-refractivity contribution < 1.29 is 24.2 Å². The molecular weight excluding hydrogens is 540 g/mol. The highest BCUT2D eigenvalue weighted by Crippen LogP contribution is 2.15. The zero-order valence-electron chi connectivity index (χ0n) is 27.8. The Morgan fingerprint density at radius 2 is 1.23 bits per heavy atom. The molecule has 250 valence electrons. The van der Waals surface area contributed by atoms with Crippen LogP contribution in [0.3, 0.4) is 0 Å². The highest BCUT2D eigenvalue weighted by atomic mass is 16.5. The fraction of sp³-hybridized carbons (Fsp3) is 0.806. The number of nitrogens with two attached hydrogens (primary N) is 1. The van der Waals surface area contributed by atoms with E-state index in [1.54, 1.807) is 0 Å². The number of aliphatic carboxylic acids is 1. The van der Waals surface area contributed by atoms with Gasteiger partial charge in [0.05, 0.1) is 0 Å². The summed E-state index contributed by atoms with van der Waals surface area (Å²) in [5.41, 5.74) is 5.46. The van der Waals surface area contributed by atoms with Crippen LogP contribution in [0.4, 0.5) is 0 Å². The molecule has 0 rings (SSSR count). The van der Waals surface area contributed by atoms with Crippen LogP contribution in [-0.4, -0.2) is 41.6 Å². The predicted molar refractivity (Wildman–Crippen MR) is 179 cm³/mol. The minimum Gasteiger partial charge on any atom is -0.480 e. The van der Waals surface area contributed by atoms with E-state index in [1.807, 2.05) is 0 Å². The molecule has 0 spiro atoms. The van der Waals surface area contributed by atoms with Crippen LogP contribution in [0.15, 0.2) is 24.3 Å². The van der Waals surface area contributed by atoms with E-state index in [0.29, 0.717) is 38.6 Å². The number of allylic oxidation sites excluding steroid dienone is 3. The van der Waals surface area contributed by atoms with Gasteiger partial charge in [0.15, 0.2) is 0 Å². The van der Waals surface area contributed by atoms with Crippen LogP contribution in [0.5, 0.6) is 0 Å². The molecule has 0 aliphatic heterocycles. The van der Waals surface area contributed by atoms with Gasteiger partial charge in [-0.15, -0.1) is 0 Å². The Hall–Kier alpha value is -2.15. The van der Waals surface area contributed by atoms with Crippen LogP contribution in [0.1, 0.15) is 168 Å². The summed E-state index contributed by atoms with van der Waals surface area (Å²) >= 11 is 0. The Morgan fingerprint density at radius 1 is 0.674 bits per heavy atom. The van der Waals surface area contributed by atoms with Gasteiger partial charge in [-0.2, -0.15) is 0 Å². The van der Waals surface area contributed by atoms with Crippen molar-refractivity contribution in [1.82, 2.24) is 5.32 Å². The molecule has 43 heavy (non-hydrogen) atoms. The van der Waals surface area contributed by atoms with E-state index in [1.165, 1.54) is 70.6 Å². The molecule has 1 amide bonds. The number of esters is 1. The maximum Gasteiger partial charge on any atom is 0.326 e. The molecule has 0 saturated heterocycles. The van der Waals surface area contributed by atoms with Crippen molar-refractivity contribution in [1.29, 1.82) is 0 Å². The van der Waals surface area contributed by atoms with Crippen molar-refractivity contribution in [2.75, 3.05) is 6.54 Å². The van der Waals surface area contributed by atoms with Gasteiger partial charge in [-0.25, -0.2) is 4.79 Å². The van der Waals surface area contributed by atoms with E-state index in [0.717, 1.165) is 51.4 Å². The van der Waals surface area contributed by atoms with Gasteiger partial charge >= 0.3 is 11.9 Å². The molecule has 0 aromatic heterocycles. The van der Waals surface area contributed by atoms with Gasteiger partial charge in [0.1, 0.15) is 12.1 Å². The molecule has 4 N–H and O–H groups in total. The average molecular weight is 607 g/mol. The number of nitrogens with one attached hydrogen (secondary N) is 1. The van der Waals surface area contributed by atoms with Gasteiger partial charge in [0, 0.05) is 12.8 Å². The Balaban J connectivity index is 4.34. The van der Waals surface area contributed by atoms with Crippen LogP contribution in [0.25, 0.3) is 0 Å². The molecule has 7 heteroatoms. The van der Waals surface area contributed by atoms with E-state index >= 15 is 0 Å². The Morgan fingerprint density at radius 3 is 1.88 bits per heavy atom. The van der Waals surface area contributed by atoms with Crippen molar-refractivity contribution in [3.8, 4) is 0 Å². The minimum atomic E-state index is -1.02. The molecular formula is C36H66N2O5. The van der Waals surface area contributed by atoms with Crippen molar-refractivity contribution in [3.63, 3.8) is 0 Å². The summed E-state index contributed by atoms with van der Waals surface area (Å²) < 4.78 is 5.87. The summed E-state index contributed by atoms with van der Waals surface area (Å²) in [5, 5.41) is 11.9. The van der Waals surface area contributed by atoms with Crippen LogP contribution in [-0.2, 0) is 19.1 Å². The quantitative estimate of drug-likeness (QED) is 0.0412. The van der Waals surface area contributed by atoms with Gasteiger partial charge in [0.25, 0.3) is 0 Å². The zero-order valence-corrected chi connectivity index (χ0v) is 27.8. The lowest BCUT2D eigenvalue weighted by atomic mass is 10.1. The summed E-state index contributed by atoms with van der Waals surface area (Å²) in [6, 6.07) is -0.868. The molecule has 0 fully saturated rings. The normalized spacial score (nSPS) is 13.0. The average Bonchev–Trinajstić information content (AvgIpc) is 2.98. The largest absolute Gasteiger partial charge is 0.480 e. The summed E-state index contributed by atoms with van der Waals surface area (Å²) in [5.74, 6) is -1.34. The molecule has 0 aliphatic rings. The smallest absolute Gasteiger partial charge is 0.326 e. The second-order valence-corrected chi connectivity index (χ2v) is 11.9. The summed E-state index contributed by atoms with van der Waals surface area (Å²) in [6.45, 7) is 4.85. The summed E-state index contributed by atoms with van der Waals surface area (Å²) in [4.78, 5) is 36.0. The lowest BCUT2D eigenvalue weighted by Crippen LogP contribution is -2.40. The van der Waals surface area contributed by atoms with Crippen molar-refractivity contribution >= 4 is 17.8 Å². The van der Waals surface area contributed by atoms with Gasteiger partial charge in [0.2, 0.25) is 5.91 Å². The van der Waals surface area contributed by atoms with E-state index in [-0.39, 0.29) is 18.0 Å². The lowest BCUT2D eigenvalue weighted by molar-refractivity contribution is -0.147. The molecule has 0 aromatic rings. The minimum absolute atomic E-state index is 0.101. The monoisotopic (exact) mass is 606 g/mol. The van der Waals surface area contributed by atoms with E-state index < -0.39 is 12.0 Å². The Labute approximate surface area is 263 Å². The first-order valence-corrected chi connectivity index (χ1v) is 17.7. The standard InChI is InChI=1S/C36H66N2O5/c1-3-5-7-9-11-12-13-14-16-18-24-30-35(40)43-32(26-21-17-15-10-8-6-4-2)27-22-19-20-23-29-34(39)38-33(36(41)42)28-25-31-37/h9,11,21,26,32-33H,3-8,10,12-20,22-25,27-31,37H2,1-2H3,(H,38,39)(H,41,42)/b11-9-,26-21-. The molecule has 2 unspecified atom stereocenters. The highest BCUT2D eigenvalue weighted by Gasteiger charge is 2.18. The molecule has 0 heterocycles. The second-order valence-electron chi connectivity index (χ2n) is 11.9. The fourth-order valence-electron chi connectivity index (χ4n) is 4.99. The topological polar surface area (TPSA) is 119 Å². The number of hydrogen-bond acceptors (Lipinski definition) is 5. The third-order valence-corrected chi connectivity index (χ3v) is 7.72.